The second-order valence-electron chi connectivity index (χ2n) is 4.87. The average Bonchev–Trinajstić information content (AvgIpc) is 2.20. The second-order valence-corrected chi connectivity index (χ2v) is 4.87. The Bertz CT molecular complexity index is 134. The number of nitrogens with one attached hydrogen (secondary N) is 1. The van der Waals surface area contributed by atoms with Crippen molar-refractivity contribution in [3.63, 3.8) is 0 Å². The Kier molecular flexibility index (Phi) is 9.12. The monoisotopic (exact) mass is 214 g/mol. The van der Waals surface area contributed by atoms with E-state index in [0.717, 1.165) is 12.5 Å². The molecule has 0 aromatic heterocycles. The molecule has 0 aliphatic heterocycles. The fraction of sp³-hybridized carbons (Fsp3) is 1.00. The van der Waals surface area contributed by atoms with Crippen LogP contribution < -0.4 is 5.32 Å². The van der Waals surface area contributed by atoms with Crippen molar-refractivity contribution in [2.24, 2.45) is 5.92 Å². The molecule has 0 heterocycles. The van der Waals surface area contributed by atoms with Crippen molar-refractivity contribution < 1.29 is 0 Å². The van der Waals surface area contributed by atoms with E-state index in [1.165, 1.54) is 32.4 Å². The lowest BCUT2D eigenvalue weighted by molar-refractivity contribution is 0.303. The molecule has 1 atom stereocenters. The van der Waals surface area contributed by atoms with E-state index < -0.39 is 0 Å². The Morgan fingerprint density at radius 1 is 1.13 bits per heavy atom. The summed E-state index contributed by atoms with van der Waals surface area (Å²) in [7, 11) is 2.22. The van der Waals surface area contributed by atoms with Crippen LogP contribution in [-0.2, 0) is 0 Å². The van der Waals surface area contributed by atoms with E-state index in [-0.39, 0.29) is 0 Å². The number of likely N-dealkylation sites (N-methyl/N-ethyl adjacent to an activating group) is 1. The highest BCUT2D eigenvalue weighted by Crippen LogP contribution is 2.04. The van der Waals surface area contributed by atoms with Crippen molar-refractivity contribution in [3.8, 4) is 0 Å². The second kappa shape index (κ2) is 9.17. The molecule has 0 aromatic carbocycles. The SMILES string of the molecule is CCCCN(C)CCNC(CC)C(C)C. The Morgan fingerprint density at radius 3 is 2.27 bits per heavy atom. The number of hydrogen-bond donors (Lipinski definition) is 1. The van der Waals surface area contributed by atoms with Crippen LogP contribution in [0.5, 0.6) is 0 Å². The van der Waals surface area contributed by atoms with Gasteiger partial charge in [-0.15, -0.1) is 0 Å². The molecule has 92 valence electrons. The van der Waals surface area contributed by atoms with Crippen LogP contribution >= 0.6 is 0 Å². The molecule has 1 N–H and O–H groups in total. The maximum atomic E-state index is 3.63. The summed E-state index contributed by atoms with van der Waals surface area (Å²) in [5.41, 5.74) is 0. The minimum Gasteiger partial charge on any atom is -0.312 e. The van der Waals surface area contributed by atoms with Crippen molar-refractivity contribution >= 4 is 0 Å². The van der Waals surface area contributed by atoms with Gasteiger partial charge in [0.25, 0.3) is 0 Å². The van der Waals surface area contributed by atoms with Gasteiger partial charge in [-0.1, -0.05) is 34.1 Å². The van der Waals surface area contributed by atoms with E-state index in [1.54, 1.807) is 0 Å². The molecule has 15 heavy (non-hydrogen) atoms. The van der Waals surface area contributed by atoms with Gasteiger partial charge in [0.2, 0.25) is 0 Å². The van der Waals surface area contributed by atoms with E-state index in [1.807, 2.05) is 0 Å². The number of nitrogens with zero attached hydrogens (tertiary/aromatic N) is 1. The first-order valence-electron chi connectivity index (χ1n) is 6.53. The van der Waals surface area contributed by atoms with Crippen LogP contribution in [0.4, 0.5) is 0 Å². The van der Waals surface area contributed by atoms with Gasteiger partial charge in [0.15, 0.2) is 0 Å². The van der Waals surface area contributed by atoms with E-state index in [0.29, 0.717) is 6.04 Å². The van der Waals surface area contributed by atoms with Gasteiger partial charge in [0.1, 0.15) is 0 Å². The molecule has 0 fully saturated rings. The smallest absolute Gasteiger partial charge is 0.0104 e. The van der Waals surface area contributed by atoms with Crippen LogP contribution in [0.15, 0.2) is 0 Å². The normalized spacial score (nSPS) is 13.8. The van der Waals surface area contributed by atoms with Gasteiger partial charge in [-0.3, -0.25) is 0 Å². The summed E-state index contributed by atoms with van der Waals surface area (Å²) in [6.45, 7) is 12.6. The molecular weight excluding hydrogens is 184 g/mol. The van der Waals surface area contributed by atoms with Crippen LogP contribution in [0.25, 0.3) is 0 Å². The summed E-state index contributed by atoms with van der Waals surface area (Å²) >= 11 is 0. The third kappa shape index (κ3) is 7.80. The van der Waals surface area contributed by atoms with Crippen molar-refractivity contribution in [1.82, 2.24) is 10.2 Å². The fourth-order valence-corrected chi connectivity index (χ4v) is 1.83. The lowest BCUT2D eigenvalue weighted by Crippen LogP contribution is -2.38. The summed E-state index contributed by atoms with van der Waals surface area (Å²) in [6, 6.07) is 0.685. The molecule has 0 aromatic rings. The molecule has 0 saturated heterocycles. The molecular formula is C13H30N2. The summed E-state index contributed by atoms with van der Waals surface area (Å²) in [5.74, 6) is 0.746. The highest BCUT2D eigenvalue weighted by atomic mass is 15.1. The zero-order valence-corrected chi connectivity index (χ0v) is 11.3. The Labute approximate surface area is 96.4 Å². The third-order valence-corrected chi connectivity index (χ3v) is 3.04. The van der Waals surface area contributed by atoms with Crippen LogP contribution in [0.1, 0.15) is 47.0 Å². The van der Waals surface area contributed by atoms with Gasteiger partial charge < -0.3 is 10.2 Å². The van der Waals surface area contributed by atoms with Gasteiger partial charge in [-0.25, -0.2) is 0 Å². The van der Waals surface area contributed by atoms with Crippen molar-refractivity contribution in [2.75, 3.05) is 26.7 Å². The standard InChI is InChI=1S/C13H30N2/c1-6-8-10-15(5)11-9-14-13(7-2)12(3)4/h12-14H,6-11H2,1-5H3. The largest absolute Gasteiger partial charge is 0.312 e. The Balaban J connectivity index is 3.50. The van der Waals surface area contributed by atoms with Crippen LogP contribution in [-0.4, -0.2) is 37.6 Å². The van der Waals surface area contributed by atoms with Crippen molar-refractivity contribution in [3.05, 3.63) is 0 Å². The molecule has 0 saturated carbocycles. The quantitative estimate of drug-likeness (QED) is 0.635. The molecule has 0 radical (unpaired) electrons. The summed E-state index contributed by atoms with van der Waals surface area (Å²) < 4.78 is 0. The summed E-state index contributed by atoms with van der Waals surface area (Å²) in [5, 5.41) is 3.63. The minimum atomic E-state index is 0.685. The molecule has 0 aliphatic carbocycles. The predicted molar refractivity (Wildman–Crippen MR) is 69.3 cm³/mol. The van der Waals surface area contributed by atoms with Gasteiger partial charge in [0.05, 0.1) is 0 Å². The van der Waals surface area contributed by atoms with E-state index >= 15 is 0 Å². The first kappa shape index (κ1) is 14.9. The molecule has 0 spiro atoms. The Morgan fingerprint density at radius 2 is 1.80 bits per heavy atom. The fourth-order valence-electron chi connectivity index (χ4n) is 1.83. The topological polar surface area (TPSA) is 15.3 Å². The van der Waals surface area contributed by atoms with Crippen molar-refractivity contribution in [2.45, 2.75) is 53.0 Å². The van der Waals surface area contributed by atoms with Crippen LogP contribution in [0.3, 0.4) is 0 Å². The highest BCUT2D eigenvalue weighted by molar-refractivity contribution is 4.69. The molecule has 0 amide bonds. The maximum Gasteiger partial charge on any atom is 0.0104 e. The van der Waals surface area contributed by atoms with Gasteiger partial charge >= 0.3 is 0 Å². The third-order valence-electron chi connectivity index (χ3n) is 3.04. The molecule has 0 rings (SSSR count). The molecule has 0 aliphatic rings. The first-order valence-corrected chi connectivity index (χ1v) is 6.53. The zero-order valence-electron chi connectivity index (χ0n) is 11.3. The van der Waals surface area contributed by atoms with E-state index in [2.05, 4.69) is 45.0 Å². The molecule has 0 bridgehead atoms. The predicted octanol–water partition coefficient (Wildman–Crippen LogP) is 2.74. The summed E-state index contributed by atoms with van der Waals surface area (Å²) in [6.07, 6.45) is 3.84. The average molecular weight is 214 g/mol. The molecule has 2 heteroatoms. The van der Waals surface area contributed by atoms with Gasteiger partial charge in [-0.2, -0.15) is 0 Å². The van der Waals surface area contributed by atoms with Crippen LogP contribution in [0, 0.1) is 5.92 Å². The van der Waals surface area contributed by atoms with Crippen molar-refractivity contribution in [1.29, 1.82) is 0 Å². The molecule has 2 nitrogen and oxygen atoms in total. The minimum absolute atomic E-state index is 0.685. The number of hydrogen-bond acceptors (Lipinski definition) is 2. The number of rotatable bonds is 9. The van der Waals surface area contributed by atoms with E-state index in [9.17, 15) is 0 Å². The lowest BCUT2D eigenvalue weighted by Gasteiger charge is -2.23. The number of unbranched alkanes of at least 4 members (excludes halogenated alkanes) is 1. The van der Waals surface area contributed by atoms with E-state index in [4.69, 9.17) is 0 Å². The van der Waals surface area contributed by atoms with Gasteiger partial charge in [-0.05, 0) is 32.4 Å². The van der Waals surface area contributed by atoms with Gasteiger partial charge in [0, 0.05) is 19.1 Å². The summed E-state index contributed by atoms with van der Waals surface area (Å²) in [4.78, 5) is 2.42. The van der Waals surface area contributed by atoms with Crippen LogP contribution in [0.2, 0.25) is 0 Å². The lowest BCUT2D eigenvalue weighted by atomic mass is 10.0. The molecule has 1 unspecified atom stereocenters. The first-order chi connectivity index (χ1) is 7.11. The highest BCUT2D eigenvalue weighted by Gasteiger charge is 2.09. The zero-order chi connectivity index (χ0) is 11.7. The maximum absolute atomic E-state index is 3.63. The Hall–Kier alpha value is -0.0800.